The molecule has 3 nitrogen and oxygen atoms in total. The second-order valence-corrected chi connectivity index (χ2v) is 5.21. The van der Waals surface area contributed by atoms with Gasteiger partial charge in [0.1, 0.15) is 5.82 Å². The third-order valence-corrected chi connectivity index (χ3v) is 3.43. The van der Waals surface area contributed by atoms with Crippen LogP contribution in [0.15, 0.2) is 12.1 Å². The molecule has 1 aliphatic heterocycles. The van der Waals surface area contributed by atoms with Crippen LogP contribution in [0, 0.1) is 17.5 Å². The summed E-state index contributed by atoms with van der Waals surface area (Å²) in [5.74, 6) is -3.06. The molecule has 0 spiro atoms. The van der Waals surface area contributed by atoms with Crippen LogP contribution in [-0.4, -0.2) is 43.3 Å². The summed E-state index contributed by atoms with van der Waals surface area (Å²) in [6, 6.07) is 1.79. The van der Waals surface area contributed by atoms with Crippen molar-refractivity contribution in [1.82, 2.24) is 4.90 Å². The summed E-state index contributed by atoms with van der Waals surface area (Å²) in [6.07, 6.45) is -0.0985. The van der Waals surface area contributed by atoms with Gasteiger partial charge in [-0.3, -0.25) is 4.90 Å². The molecule has 1 heterocycles. The Balaban J connectivity index is 1.93. The van der Waals surface area contributed by atoms with Gasteiger partial charge in [-0.25, -0.2) is 13.2 Å². The highest BCUT2D eigenvalue weighted by molar-refractivity contribution is 5.45. The molecule has 1 aromatic carbocycles. The van der Waals surface area contributed by atoms with Gasteiger partial charge in [-0.05, 0) is 13.8 Å². The summed E-state index contributed by atoms with van der Waals surface area (Å²) in [7, 11) is 0. The number of benzene rings is 1. The van der Waals surface area contributed by atoms with Crippen molar-refractivity contribution in [3.8, 4) is 0 Å². The number of anilines is 1. The van der Waals surface area contributed by atoms with Gasteiger partial charge in [0, 0.05) is 37.8 Å². The number of nitrogens with zero attached hydrogens (tertiary/aromatic N) is 1. The zero-order chi connectivity index (χ0) is 14.7. The van der Waals surface area contributed by atoms with Crippen LogP contribution in [0.5, 0.6) is 0 Å². The fourth-order valence-corrected chi connectivity index (χ4v) is 2.22. The van der Waals surface area contributed by atoms with E-state index in [0.717, 1.165) is 19.2 Å². The first-order valence-corrected chi connectivity index (χ1v) is 6.71. The second-order valence-electron chi connectivity index (χ2n) is 5.21. The van der Waals surface area contributed by atoms with Crippen LogP contribution >= 0.6 is 0 Å². The Morgan fingerprint density at radius 3 is 2.65 bits per heavy atom. The van der Waals surface area contributed by atoms with Gasteiger partial charge in [0.2, 0.25) is 0 Å². The lowest BCUT2D eigenvalue weighted by Crippen LogP contribution is -2.48. The average Bonchev–Trinajstić information content (AvgIpc) is 2.41. The summed E-state index contributed by atoms with van der Waals surface area (Å²) < 4.78 is 44.9. The highest BCUT2D eigenvalue weighted by atomic mass is 19.2. The molecule has 1 aromatic rings. The van der Waals surface area contributed by atoms with Gasteiger partial charge in [-0.1, -0.05) is 0 Å². The van der Waals surface area contributed by atoms with Crippen LogP contribution in [0.25, 0.3) is 0 Å². The van der Waals surface area contributed by atoms with Crippen molar-refractivity contribution >= 4 is 5.69 Å². The van der Waals surface area contributed by atoms with Gasteiger partial charge >= 0.3 is 0 Å². The highest BCUT2D eigenvalue weighted by Gasteiger charge is 2.22. The first-order valence-electron chi connectivity index (χ1n) is 6.71. The van der Waals surface area contributed by atoms with Gasteiger partial charge < -0.3 is 10.1 Å². The SMILES string of the molecule is CC(C)N1CCOC(CNc2cc(F)c(F)cc2F)C1. The number of nitrogens with one attached hydrogen (secondary N) is 1. The summed E-state index contributed by atoms with van der Waals surface area (Å²) >= 11 is 0. The molecule has 6 heteroatoms. The van der Waals surface area contributed by atoms with Crippen LogP contribution in [0.1, 0.15) is 13.8 Å². The first-order chi connectivity index (χ1) is 9.47. The van der Waals surface area contributed by atoms with E-state index in [1.165, 1.54) is 0 Å². The van der Waals surface area contributed by atoms with E-state index in [1.807, 2.05) is 0 Å². The smallest absolute Gasteiger partial charge is 0.161 e. The van der Waals surface area contributed by atoms with Crippen LogP contribution < -0.4 is 5.32 Å². The molecule has 0 saturated carbocycles. The minimum absolute atomic E-state index is 0.0471. The lowest BCUT2D eigenvalue weighted by molar-refractivity contribution is -0.0315. The zero-order valence-electron chi connectivity index (χ0n) is 11.6. The average molecular weight is 288 g/mol. The van der Waals surface area contributed by atoms with Crippen molar-refractivity contribution in [2.75, 3.05) is 31.6 Å². The van der Waals surface area contributed by atoms with Crippen molar-refractivity contribution in [2.24, 2.45) is 0 Å². The lowest BCUT2D eigenvalue weighted by atomic mass is 10.2. The molecule has 1 N–H and O–H groups in total. The van der Waals surface area contributed by atoms with E-state index in [4.69, 9.17) is 4.74 Å². The number of ether oxygens (including phenoxy) is 1. The molecular formula is C14H19F3N2O. The predicted octanol–water partition coefficient (Wildman–Crippen LogP) is 2.63. The van der Waals surface area contributed by atoms with Gasteiger partial charge in [-0.15, -0.1) is 0 Å². The molecule has 0 bridgehead atoms. The minimum atomic E-state index is -1.19. The molecule has 1 aliphatic rings. The summed E-state index contributed by atoms with van der Waals surface area (Å²) in [5, 5.41) is 2.78. The maximum absolute atomic E-state index is 13.5. The maximum atomic E-state index is 13.5. The topological polar surface area (TPSA) is 24.5 Å². The largest absolute Gasteiger partial charge is 0.380 e. The standard InChI is InChI=1S/C14H19F3N2O/c1-9(2)19-3-4-20-10(8-19)7-18-14-6-12(16)11(15)5-13(14)17/h5-6,9-10,18H,3-4,7-8H2,1-2H3. The quantitative estimate of drug-likeness (QED) is 0.862. The van der Waals surface area contributed by atoms with E-state index in [-0.39, 0.29) is 11.8 Å². The van der Waals surface area contributed by atoms with Crippen molar-refractivity contribution < 1.29 is 17.9 Å². The Hall–Kier alpha value is -1.27. The zero-order valence-corrected chi connectivity index (χ0v) is 11.6. The summed E-state index contributed by atoms with van der Waals surface area (Å²) in [5.41, 5.74) is -0.0471. The van der Waals surface area contributed by atoms with Gasteiger partial charge in [-0.2, -0.15) is 0 Å². The van der Waals surface area contributed by atoms with E-state index >= 15 is 0 Å². The third-order valence-electron chi connectivity index (χ3n) is 3.43. The minimum Gasteiger partial charge on any atom is -0.380 e. The molecule has 2 rings (SSSR count). The number of halogens is 3. The molecule has 20 heavy (non-hydrogen) atoms. The molecule has 112 valence electrons. The molecule has 1 saturated heterocycles. The maximum Gasteiger partial charge on any atom is 0.161 e. The Labute approximate surface area is 116 Å². The Kier molecular flexibility index (Phi) is 4.88. The number of hydrogen-bond acceptors (Lipinski definition) is 3. The lowest BCUT2D eigenvalue weighted by Gasteiger charge is -2.35. The van der Waals surface area contributed by atoms with Crippen molar-refractivity contribution in [3.05, 3.63) is 29.6 Å². The third kappa shape index (κ3) is 3.64. The van der Waals surface area contributed by atoms with Crippen molar-refractivity contribution in [1.29, 1.82) is 0 Å². The first kappa shape index (κ1) is 15.1. The van der Waals surface area contributed by atoms with Gasteiger partial charge in [0.15, 0.2) is 11.6 Å². The summed E-state index contributed by atoms with van der Waals surface area (Å²) in [6.45, 7) is 6.77. The van der Waals surface area contributed by atoms with Crippen LogP contribution in [0.3, 0.4) is 0 Å². The normalized spacial score (nSPS) is 20.4. The molecule has 1 fully saturated rings. The van der Waals surface area contributed by atoms with E-state index < -0.39 is 17.5 Å². The molecular weight excluding hydrogens is 269 g/mol. The van der Waals surface area contributed by atoms with Crippen molar-refractivity contribution in [2.45, 2.75) is 26.0 Å². The Morgan fingerprint density at radius 2 is 1.95 bits per heavy atom. The highest BCUT2D eigenvalue weighted by Crippen LogP contribution is 2.19. The molecule has 1 unspecified atom stereocenters. The fourth-order valence-electron chi connectivity index (χ4n) is 2.22. The molecule has 1 atom stereocenters. The fraction of sp³-hybridized carbons (Fsp3) is 0.571. The van der Waals surface area contributed by atoms with E-state index in [1.54, 1.807) is 0 Å². The van der Waals surface area contributed by atoms with Crippen molar-refractivity contribution in [3.63, 3.8) is 0 Å². The molecule has 0 amide bonds. The second kappa shape index (κ2) is 6.45. The van der Waals surface area contributed by atoms with Crippen LogP contribution in [0.4, 0.5) is 18.9 Å². The molecule has 0 aliphatic carbocycles. The van der Waals surface area contributed by atoms with E-state index in [9.17, 15) is 13.2 Å². The molecule has 0 radical (unpaired) electrons. The Bertz CT molecular complexity index is 468. The number of rotatable bonds is 4. The summed E-state index contributed by atoms with van der Waals surface area (Å²) in [4.78, 5) is 2.26. The van der Waals surface area contributed by atoms with E-state index in [2.05, 4.69) is 24.1 Å². The Morgan fingerprint density at radius 1 is 1.25 bits per heavy atom. The van der Waals surface area contributed by atoms with Crippen LogP contribution in [-0.2, 0) is 4.74 Å². The number of hydrogen-bond donors (Lipinski definition) is 1. The monoisotopic (exact) mass is 288 g/mol. The molecule has 0 aromatic heterocycles. The van der Waals surface area contributed by atoms with E-state index in [0.29, 0.717) is 25.3 Å². The van der Waals surface area contributed by atoms with Gasteiger partial charge in [0.05, 0.1) is 18.4 Å². The predicted molar refractivity (Wildman–Crippen MR) is 71.3 cm³/mol. The van der Waals surface area contributed by atoms with Gasteiger partial charge in [0.25, 0.3) is 0 Å². The van der Waals surface area contributed by atoms with Crippen LogP contribution in [0.2, 0.25) is 0 Å². The number of morpholine rings is 1.